The van der Waals surface area contributed by atoms with Gasteiger partial charge in [0.2, 0.25) is 11.0 Å². The molecule has 0 spiro atoms. The number of benzene rings is 1. The molecule has 0 radical (unpaired) electrons. The van der Waals surface area contributed by atoms with Crippen LogP contribution in [0.25, 0.3) is 10.9 Å². The number of hydrogen-bond donors (Lipinski definition) is 1. The van der Waals surface area contributed by atoms with Crippen LogP contribution in [0, 0.1) is 0 Å². The number of aromatic nitrogens is 3. The Hall–Kier alpha value is -1.96. The zero-order valence-electron chi connectivity index (χ0n) is 12.7. The van der Waals surface area contributed by atoms with E-state index < -0.39 is 0 Å². The van der Waals surface area contributed by atoms with Crippen LogP contribution in [0.4, 0.5) is 5.13 Å². The van der Waals surface area contributed by atoms with Crippen LogP contribution in [0.3, 0.4) is 0 Å². The van der Waals surface area contributed by atoms with Gasteiger partial charge in [-0.3, -0.25) is 10.1 Å². The van der Waals surface area contributed by atoms with Gasteiger partial charge in [0, 0.05) is 23.3 Å². The number of carbonyl (C=O) groups is 1. The van der Waals surface area contributed by atoms with Crippen molar-refractivity contribution in [2.75, 3.05) is 11.9 Å². The molecule has 0 saturated carbocycles. The molecule has 1 N–H and O–H groups in total. The highest BCUT2D eigenvalue weighted by molar-refractivity contribution is 7.15. The van der Waals surface area contributed by atoms with Crippen molar-refractivity contribution in [1.29, 1.82) is 0 Å². The van der Waals surface area contributed by atoms with E-state index in [9.17, 15) is 4.79 Å². The maximum Gasteiger partial charge on any atom is 0.246 e. The third-order valence-electron chi connectivity index (χ3n) is 3.94. The van der Waals surface area contributed by atoms with Gasteiger partial charge in [0.25, 0.3) is 0 Å². The topological polar surface area (TPSA) is 69.0 Å². The Bertz CT molecular complexity index is 885. The minimum atomic E-state index is -0.150. The summed E-state index contributed by atoms with van der Waals surface area (Å²) in [5.41, 5.74) is 0.926. The number of nitrogens with one attached hydrogen (secondary N) is 1. The van der Waals surface area contributed by atoms with Crippen molar-refractivity contribution < 1.29 is 9.53 Å². The fourth-order valence-corrected chi connectivity index (χ4v) is 3.81. The van der Waals surface area contributed by atoms with Crippen LogP contribution in [0.1, 0.15) is 24.0 Å². The van der Waals surface area contributed by atoms with Crippen molar-refractivity contribution in [3.05, 3.63) is 40.5 Å². The highest BCUT2D eigenvalue weighted by Crippen LogP contribution is 2.31. The van der Waals surface area contributed by atoms with Crippen molar-refractivity contribution in [3.8, 4) is 0 Å². The molecule has 1 fully saturated rings. The van der Waals surface area contributed by atoms with E-state index in [0.29, 0.717) is 10.2 Å². The summed E-state index contributed by atoms with van der Waals surface area (Å²) in [4.78, 5) is 12.3. The summed E-state index contributed by atoms with van der Waals surface area (Å²) in [5.74, 6) is -0.150. The summed E-state index contributed by atoms with van der Waals surface area (Å²) in [5, 5.41) is 14.0. The van der Waals surface area contributed by atoms with Crippen LogP contribution in [0.5, 0.6) is 0 Å². The molecule has 1 amide bonds. The maximum absolute atomic E-state index is 12.3. The van der Waals surface area contributed by atoms with Gasteiger partial charge in [0.15, 0.2) is 0 Å². The first-order chi connectivity index (χ1) is 11.7. The average molecular weight is 363 g/mol. The lowest BCUT2D eigenvalue weighted by Crippen LogP contribution is -2.18. The molecule has 3 aromatic rings. The van der Waals surface area contributed by atoms with E-state index >= 15 is 0 Å². The van der Waals surface area contributed by atoms with Gasteiger partial charge < -0.3 is 9.30 Å². The van der Waals surface area contributed by atoms with Gasteiger partial charge in [0.05, 0.1) is 0 Å². The summed E-state index contributed by atoms with van der Waals surface area (Å²) < 4.78 is 7.44. The van der Waals surface area contributed by atoms with Crippen molar-refractivity contribution in [2.24, 2.45) is 0 Å². The normalized spacial score (nSPS) is 17.5. The number of ether oxygens (including phenoxy) is 1. The monoisotopic (exact) mass is 362 g/mol. The zero-order chi connectivity index (χ0) is 16.5. The number of fused-ring (bicyclic) bond motifs is 1. The van der Waals surface area contributed by atoms with Gasteiger partial charge in [-0.25, -0.2) is 0 Å². The third kappa shape index (κ3) is 3.15. The minimum Gasteiger partial charge on any atom is -0.371 e. The van der Waals surface area contributed by atoms with E-state index in [1.165, 1.54) is 11.3 Å². The van der Waals surface area contributed by atoms with Crippen LogP contribution < -0.4 is 5.32 Å². The number of carbonyl (C=O) groups excluding carboxylic acids is 1. The first-order valence-corrected chi connectivity index (χ1v) is 8.88. The molecule has 1 saturated heterocycles. The largest absolute Gasteiger partial charge is 0.371 e. The van der Waals surface area contributed by atoms with Gasteiger partial charge in [-0.05, 0) is 36.4 Å². The summed E-state index contributed by atoms with van der Waals surface area (Å²) in [6.45, 7) is 0.952. The molecule has 6 nitrogen and oxygen atoms in total. The summed E-state index contributed by atoms with van der Waals surface area (Å²) >= 11 is 7.40. The molecule has 0 bridgehead atoms. The quantitative estimate of drug-likeness (QED) is 0.769. The van der Waals surface area contributed by atoms with E-state index in [0.717, 1.165) is 35.4 Å². The Labute approximate surface area is 147 Å². The fraction of sp³-hybridized carbons (Fsp3) is 0.312. The molecule has 3 heterocycles. The number of anilines is 1. The minimum absolute atomic E-state index is 0.0173. The van der Waals surface area contributed by atoms with E-state index in [1.54, 1.807) is 0 Å². The Balaban J connectivity index is 1.45. The lowest BCUT2D eigenvalue weighted by atomic mass is 10.2. The van der Waals surface area contributed by atoms with Gasteiger partial charge in [-0.1, -0.05) is 29.0 Å². The lowest BCUT2D eigenvalue weighted by Gasteiger charge is -2.05. The second-order valence-electron chi connectivity index (χ2n) is 5.64. The molecular formula is C16H15ClN4O2S. The van der Waals surface area contributed by atoms with Crippen molar-refractivity contribution in [2.45, 2.75) is 25.5 Å². The predicted molar refractivity (Wildman–Crippen MR) is 93.4 cm³/mol. The number of rotatable bonds is 4. The molecule has 124 valence electrons. The molecule has 24 heavy (non-hydrogen) atoms. The molecule has 4 rings (SSSR count). The van der Waals surface area contributed by atoms with Crippen molar-refractivity contribution in [3.63, 3.8) is 0 Å². The fourth-order valence-electron chi connectivity index (χ4n) is 2.80. The lowest BCUT2D eigenvalue weighted by molar-refractivity contribution is -0.116. The maximum atomic E-state index is 12.3. The van der Waals surface area contributed by atoms with Crippen molar-refractivity contribution >= 4 is 44.9 Å². The Morgan fingerprint density at radius 1 is 1.42 bits per heavy atom. The third-order valence-corrected chi connectivity index (χ3v) is 5.11. The average Bonchev–Trinajstić information content (AvgIpc) is 3.28. The van der Waals surface area contributed by atoms with E-state index in [4.69, 9.17) is 16.3 Å². The highest BCUT2D eigenvalue weighted by Gasteiger charge is 2.22. The summed E-state index contributed by atoms with van der Waals surface area (Å²) in [6.07, 6.45) is 3.88. The summed E-state index contributed by atoms with van der Waals surface area (Å²) in [7, 11) is 0. The molecule has 1 atom stereocenters. The Kier molecular flexibility index (Phi) is 4.22. The standard InChI is InChI=1S/C16H15ClN4O2S/c17-11-4-3-10-5-6-21(12(10)8-11)9-14(22)18-16-20-19-15(24-16)13-2-1-7-23-13/h3-6,8,13H,1-2,7,9H2,(H,18,20,22)/t13-/m1/s1. The smallest absolute Gasteiger partial charge is 0.246 e. The van der Waals surface area contributed by atoms with Crippen LogP contribution in [-0.4, -0.2) is 27.3 Å². The van der Waals surface area contributed by atoms with Crippen LogP contribution in [0.2, 0.25) is 5.02 Å². The van der Waals surface area contributed by atoms with Crippen molar-refractivity contribution in [1.82, 2.24) is 14.8 Å². The van der Waals surface area contributed by atoms with Crippen LogP contribution in [0.15, 0.2) is 30.5 Å². The van der Waals surface area contributed by atoms with Crippen LogP contribution >= 0.6 is 22.9 Å². The van der Waals surface area contributed by atoms with Gasteiger partial charge in [-0.15, -0.1) is 10.2 Å². The van der Waals surface area contributed by atoms with Gasteiger partial charge in [-0.2, -0.15) is 0 Å². The first kappa shape index (κ1) is 15.6. The second kappa shape index (κ2) is 6.51. The number of amides is 1. The number of hydrogen-bond acceptors (Lipinski definition) is 5. The Morgan fingerprint density at radius 3 is 3.17 bits per heavy atom. The zero-order valence-corrected chi connectivity index (χ0v) is 14.3. The molecule has 0 aliphatic carbocycles. The number of halogens is 1. The number of nitrogens with zero attached hydrogens (tertiary/aromatic N) is 3. The van der Waals surface area contributed by atoms with E-state index in [1.807, 2.05) is 35.0 Å². The highest BCUT2D eigenvalue weighted by atomic mass is 35.5. The molecular weight excluding hydrogens is 348 g/mol. The van der Waals surface area contributed by atoms with Gasteiger partial charge in [0.1, 0.15) is 17.7 Å². The molecule has 8 heteroatoms. The SMILES string of the molecule is O=C(Cn1ccc2ccc(Cl)cc21)Nc1nnc([C@H]2CCCO2)s1. The van der Waals surface area contributed by atoms with Crippen LogP contribution in [-0.2, 0) is 16.1 Å². The summed E-state index contributed by atoms with van der Waals surface area (Å²) in [6, 6.07) is 7.58. The second-order valence-corrected chi connectivity index (χ2v) is 7.09. The van der Waals surface area contributed by atoms with Gasteiger partial charge >= 0.3 is 0 Å². The molecule has 2 aromatic heterocycles. The first-order valence-electron chi connectivity index (χ1n) is 7.68. The molecule has 0 unspecified atom stereocenters. The predicted octanol–water partition coefficient (Wildman–Crippen LogP) is 3.64. The molecule has 1 aromatic carbocycles. The van der Waals surface area contributed by atoms with E-state index in [-0.39, 0.29) is 18.6 Å². The molecule has 1 aliphatic rings. The Morgan fingerprint density at radius 2 is 2.33 bits per heavy atom. The molecule has 1 aliphatic heterocycles. The van der Waals surface area contributed by atoms with E-state index in [2.05, 4.69) is 15.5 Å².